The zero-order chi connectivity index (χ0) is 19.3. The molecule has 7 nitrogen and oxygen atoms in total. The van der Waals surface area contributed by atoms with Crippen LogP contribution in [0.1, 0.15) is 26.6 Å². The zero-order valence-corrected chi connectivity index (χ0v) is 14.8. The van der Waals surface area contributed by atoms with Gasteiger partial charge in [-0.3, -0.25) is 19.6 Å². The first kappa shape index (κ1) is 17.4. The summed E-state index contributed by atoms with van der Waals surface area (Å²) in [6.07, 6.45) is 4.64. The summed E-state index contributed by atoms with van der Waals surface area (Å²) in [6, 6.07) is 15.8. The molecule has 0 saturated heterocycles. The zero-order valence-electron chi connectivity index (χ0n) is 14.8. The second kappa shape index (κ2) is 7.71. The van der Waals surface area contributed by atoms with Crippen molar-refractivity contribution in [3.63, 3.8) is 0 Å². The Kier molecular flexibility index (Phi) is 4.79. The Hall–Kier alpha value is -4.00. The van der Waals surface area contributed by atoms with Crippen LogP contribution < -0.4 is 10.6 Å². The molecule has 0 aliphatic heterocycles. The number of carbonyl (C=O) groups excluding carboxylic acids is 2. The number of furan rings is 1. The molecule has 138 valence electrons. The van der Waals surface area contributed by atoms with Gasteiger partial charge < -0.3 is 15.1 Å². The third-order valence-electron chi connectivity index (χ3n) is 4.14. The van der Waals surface area contributed by atoms with Crippen LogP contribution in [0.5, 0.6) is 0 Å². The molecule has 28 heavy (non-hydrogen) atoms. The summed E-state index contributed by atoms with van der Waals surface area (Å²) in [4.78, 5) is 33.3. The van der Waals surface area contributed by atoms with E-state index in [9.17, 15) is 9.59 Å². The van der Waals surface area contributed by atoms with Crippen LogP contribution in [0.2, 0.25) is 0 Å². The maximum Gasteiger partial charge on any atom is 0.270 e. The molecule has 0 spiro atoms. The Morgan fingerprint density at radius 3 is 2.68 bits per heavy atom. The van der Waals surface area contributed by atoms with Gasteiger partial charge in [0.1, 0.15) is 11.5 Å². The first-order chi connectivity index (χ1) is 13.7. The molecular weight excluding hydrogens is 356 g/mol. The standard InChI is InChI=1S/C21H16N4O3/c26-20(25-17-7-1-4-14-5-2-9-23-19(14)17)15-8-10-22-18(12-15)21(27)24-13-16-6-3-11-28-16/h1-12H,13H2,(H,24,27)(H,25,26). The summed E-state index contributed by atoms with van der Waals surface area (Å²) in [5, 5.41) is 6.47. The Morgan fingerprint density at radius 1 is 0.929 bits per heavy atom. The fourth-order valence-electron chi connectivity index (χ4n) is 2.77. The predicted molar refractivity (Wildman–Crippen MR) is 104 cm³/mol. The van der Waals surface area contributed by atoms with Crippen LogP contribution in [0.25, 0.3) is 10.9 Å². The van der Waals surface area contributed by atoms with E-state index in [1.54, 1.807) is 30.5 Å². The van der Waals surface area contributed by atoms with Gasteiger partial charge in [-0.1, -0.05) is 18.2 Å². The van der Waals surface area contributed by atoms with Crippen molar-refractivity contribution in [2.45, 2.75) is 6.54 Å². The monoisotopic (exact) mass is 372 g/mol. The fraction of sp³-hybridized carbons (Fsp3) is 0.0476. The Bertz CT molecular complexity index is 1130. The SMILES string of the molecule is O=C(Nc1cccc2cccnc12)c1ccnc(C(=O)NCc2ccco2)c1. The number of anilines is 1. The highest BCUT2D eigenvalue weighted by molar-refractivity contribution is 6.09. The molecule has 0 aliphatic carbocycles. The summed E-state index contributed by atoms with van der Waals surface area (Å²) in [5.41, 5.74) is 1.77. The van der Waals surface area contributed by atoms with Gasteiger partial charge in [0.2, 0.25) is 0 Å². The first-order valence-electron chi connectivity index (χ1n) is 8.62. The second-order valence-corrected chi connectivity index (χ2v) is 6.03. The van der Waals surface area contributed by atoms with Crippen LogP contribution in [0.4, 0.5) is 5.69 Å². The Labute approximate surface area is 160 Å². The molecular formula is C21H16N4O3. The fourth-order valence-corrected chi connectivity index (χ4v) is 2.77. The van der Waals surface area contributed by atoms with Crippen LogP contribution in [-0.4, -0.2) is 21.8 Å². The Morgan fingerprint density at radius 2 is 1.82 bits per heavy atom. The van der Waals surface area contributed by atoms with Gasteiger partial charge in [0.25, 0.3) is 11.8 Å². The largest absolute Gasteiger partial charge is 0.467 e. The van der Waals surface area contributed by atoms with Crippen LogP contribution in [0.3, 0.4) is 0 Å². The molecule has 3 aromatic heterocycles. The highest BCUT2D eigenvalue weighted by Gasteiger charge is 2.13. The lowest BCUT2D eigenvalue weighted by Crippen LogP contribution is -2.24. The van der Waals surface area contributed by atoms with E-state index < -0.39 is 5.91 Å². The normalized spacial score (nSPS) is 10.6. The first-order valence-corrected chi connectivity index (χ1v) is 8.62. The third-order valence-corrected chi connectivity index (χ3v) is 4.14. The number of fused-ring (bicyclic) bond motifs is 1. The topological polar surface area (TPSA) is 97.1 Å². The average Bonchev–Trinajstić information content (AvgIpc) is 3.26. The van der Waals surface area contributed by atoms with E-state index in [2.05, 4.69) is 20.6 Å². The summed E-state index contributed by atoms with van der Waals surface area (Å²) < 4.78 is 5.18. The molecule has 2 amide bonds. The molecule has 0 fully saturated rings. The summed E-state index contributed by atoms with van der Waals surface area (Å²) in [6.45, 7) is 0.242. The number of aromatic nitrogens is 2. The minimum atomic E-state index is -0.391. The van der Waals surface area contributed by atoms with E-state index in [4.69, 9.17) is 4.42 Å². The number of benzene rings is 1. The number of nitrogens with zero attached hydrogens (tertiary/aromatic N) is 2. The van der Waals surface area contributed by atoms with E-state index in [0.717, 1.165) is 5.39 Å². The maximum absolute atomic E-state index is 12.7. The van der Waals surface area contributed by atoms with Gasteiger partial charge in [-0.25, -0.2) is 0 Å². The number of nitrogens with one attached hydrogen (secondary N) is 2. The molecule has 0 unspecified atom stereocenters. The van der Waals surface area contributed by atoms with Gasteiger partial charge in [0, 0.05) is 23.3 Å². The van der Waals surface area contributed by atoms with E-state index >= 15 is 0 Å². The molecule has 7 heteroatoms. The minimum absolute atomic E-state index is 0.148. The van der Waals surface area contributed by atoms with Gasteiger partial charge in [-0.05, 0) is 36.4 Å². The smallest absolute Gasteiger partial charge is 0.270 e. The van der Waals surface area contributed by atoms with Crippen LogP contribution >= 0.6 is 0 Å². The molecule has 1 aromatic carbocycles. The van der Waals surface area contributed by atoms with Crippen molar-refractivity contribution in [3.8, 4) is 0 Å². The van der Waals surface area contributed by atoms with Crippen LogP contribution in [0.15, 0.2) is 77.7 Å². The van der Waals surface area contributed by atoms with Gasteiger partial charge in [-0.15, -0.1) is 0 Å². The molecule has 3 heterocycles. The number of pyridine rings is 2. The minimum Gasteiger partial charge on any atom is -0.467 e. The van der Waals surface area contributed by atoms with Crippen molar-refractivity contribution >= 4 is 28.4 Å². The molecule has 0 radical (unpaired) electrons. The number of hydrogen-bond acceptors (Lipinski definition) is 5. The van der Waals surface area contributed by atoms with E-state index in [0.29, 0.717) is 22.5 Å². The average molecular weight is 372 g/mol. The quantitative estimate of drug-likeness (QED) is 0.560. The lowest BCUT2D eigenvalue weighted by Gasteiger charge is -2.09. The highest BCUT2D eigenvalue weighted by atomic mass is 16.3. The number of amides is 2. The van der Waals surface area contributed by atoms with Crippen LogP contribution in [-0.2, 0) is 6.54 Å². The van der Waals surface area contributed by atoms with E-state index in [1.807, 2.05) is 24.3 Å². The lowest BCUT2D eigenvalue weighted by molar-refractivity contribution is 0.0943. The van der Waals surface area contributed by atoms with Gasteiger partial charge in [0.15, 0.2) is 0 Å². The molecule has 4 aromatic rings. The predicted octanol–water partition coefficient (Wildman–Crippen LogP) is 3.41. The summed E-state index contributed by atoms with van der Waals surface area (Å²) in [5.74, 6) is -0.107. The van der Waals surface area contributed by atoms with Crippen LogP contribution in [0, 0.1) is 0 Å². The molecule has 0 atom stereocenters. The number of carbonyl (C=O) groups is 2. The van der Waals surface area contributed by atoms with Crippen molar-refractivity contribution < 1.29 is 14.0 Å². The number of para-hydroxylation sites is 1. The molecule has 0 saturated carbocycles. The van der Waals surface area contributed by atoms with E-state index in [-0.39, 0.29) is 18.1 Å². The summed E-state index contributed by atoms with van der Waals surface area (Å²) in [7, 11) is 0. The number of rotatable bonds is 5. The van der Waals surface area contributed by atoms with Crippen molar-refractivity contribution in [1.82, 2.24) is 15.3 Å². The molecule has 2 N–H and O–H groups in total. The third kappa shape index (κ3) is 3.73. The molecule has 0 aliphatic rings. The molecule has 4 rings (SSSR count). The summed E-state index contributed by atoms with van der Waals surface area (Å²) >= 11 is 0. The molecule has 0 bridgehead atoms. The van der Waals surface area contributed by atoms with Gasteiger partial charge in [-0.2, -0.15) is 0 Å². The van der Waals surface area contributed by atoms with Gasteiger partial charge >= 0.3 is 0 Å². The van der Waals surface area contributed by atoms with Crippen molar-refractivity contribution in [3.05, 3.63) is 90.3 Å². The lowest BCUT2D eigenvalue weighted by atomic mass is 10.1. The number of hydrogen-bond donors (Lipinski definition) is 2. The van der Waals surface area contributed by atoms with Crippen molar-refractivity contribution in [1.29, 1.82) is 0 Å². The van der Waals surface area contributed by atoms with Crippen molar-refractivity contribution in [2.75, 3.05) is 5.32 Å². The van der Waals surface area contributed by atoms with E-state index in [1.165, 1.54) is 18.5 Å². The van der Waals surface area contributed by atoms with Crippen molar-refractivity contribution in [2.24, 2.45) is 0 Å². The van der Waals surface area contributed by atoms with Gasteiger partial charge in [0.05, 0.1) is 24.0 Å². The second-order valence-electron chi connectivity index (χ2n) is 6.03. The Balaban J connectivity index is 1.50. The highest BCUT2D eigenvalue weighted by Crippen LogP contribution is 2.21. The maximum atomic E-state index is 12.7.